The molecule has 2 aliphatic heterocycles. The number of nitrogens with zero attached hydrogens (tertiary/aromatic N) is 2. The summed E-state index contributed by atoms with van der Waals surface area (Å²) in [4.78, 5) is 20.0. The molecule has 4 unspecified atom stereocenters. The highest BCUT2D eigenvalue weighted by Crippen LogP contribution is 2.40. The van der Waals surface area contributed by atoms with Crippen molar-refractivity contribution < 1.29 is 13.9 Å². The number of hydrogen-bond donors (Lipinski definition) is 3. The van der Waals surface area contributed by atoms with Crippen LogP contribution < -0.4 is 20.9 Å². The standard InChI is InChI=1S/C28H38FN5O2/c1-17-11-21(15-34(14-17)16-23-24(29)5-4-6-26(23)36-3)31-28(35)20-7-8-25-22(13-20)27(33-32-25)19-9-10-30-18(2)12-19/h4-6,9-10,12,17,20-22,25,27,32-33H,7-8,11,13-16H2,1-3H3,(H,31,35)/t17-,20?,21-,22?,25?,27?/m1/s1. The van der Waals surface area contributed by atoms with Gasteiger partial charge in [-0.05, 0) is 74.3 Å². The van der Waals surface area contributed by atoms with Crippen molar-refractivity contribution in [1.29, 1.82) is 0 Å². The second-order valence-corrected chi connectivity index (χ2v) is 10.9. The lowest BCUT2D eigenvalue weighted by Gasteiger charge is -2.38. The van der Waals surface area contributed by atoms with Gasteiger partial charge in [0, 0.05) is 55.1 Å². The topological polar surface area (TPSA) is 78.5 Å². The van der Waals surface area contributed by atoms with Gasteiger partial charge in [-0.3, -0.25) is 20.1 Å². The molecule has 0 bridgehead atoms. The van der Waals surface area contributed by atoms with E-state index in [0.29, 0.717) is 42.3 Å². The van der Waals surface area contributed by atoms with Gasteiger partial charge in [0.15, 0.2) is 0 Å². The number of carbonyl (C=O) groups excluding carboxylic acids is 1. The molecule has 1 aromatic carbocycles. The quantitative estimate of drug-likeness (QED) is 0.570. The second-order valence-electron chi connectivity index (χ2n) is 10.9. The first-order valence-electron chi connectivity index (χ1n) is 13.2. The number of amides is 1. The highest BCUT2D eigenvalue weighted by molar-refractivity contribution is 5.79. The van der Waals surface area contributed by atoms with Crippen LogP contribution >= 0.6 is 0 Å². The number of methoxy groups -OCH3 is 1. The van der Waals surface area contributed by atoms with Crippen LogP contribution in [0.4, 0.5) is 4.39 Å². The summed E-state index contributed by atoms with van der Waals surface area (Å²) < 4.78 is 19.9. The van der Waals surface area contributed by atoms with Crippen molar-refractivity contribution in [3.63, 3.8) is 0 Å². The number of rotatable bonds is 6. The van der Waals surface area contributed by atoms with Crippen LogP contribution in [0.2, 0.25) is 0 Å². The number of fused-ring (bicyclic) bond motifs is 1. The number of benzene rings is 1. The van der Waals surface area contributed by atoms with Crippen LogP contribution in [0.25, 0.3) is 0 Å². The summed E-state index contributed by atoms with van der Waals surface area (Å²) in [5.41, 5.74) is 9.75. The summed E-state index contributed by atoms with van der Waals surface area (Å²) >= 11 is 0. The first-order chi connectivity index (χ1) is 17.4. The number of ether oxygens (including phenoxy) is 1. The van der Waals surface area contributed by atoms with Crippen molar-refractivity contribution in [1.82, 2.24) is 26.1 Å². The largest absolute Gasteiger partial charge is 0.496 e. The first-order valence-corrected chi connectivity index (χ1v) is 13.2. The molecule has 1 aliphatic carbocycles. The van der Waals surface area contributed by atoms with Gasteiger partial charge in [0.2, 0.25) is 5.91 Å². The van der Waals surface area contributed by atoms with Crippen LogP contribution in [0.3, 0.4) is 0 Å². The number of likely N-dealkylation sites (tertiary alicyclic amines) is 1. The molecular formula is C28H38FN5O2. The normalized spacial score (nSPS) is 30.6. The predicted octanol–water partition coefficient (Wildman–Crippen LogP) is 3.50. The number of aromatic nitrogens is 1. The van der Waals surface area contributed by atoms with Gasteiger partial charge in [-0.25, -0.2) is 9.82 Å². The average molecular weight is 496 g/mol. The zero-order valence-electron chi connectivity index (χ0n) is 21.5. The lowest BCUT2D eigenvalue weighted by Crippen LogP contribution is -2.52. The number of aryl methyl sites for hydroxylation is 1. The summed E-state index contributed by atoms with van der Waals surface area (Å²) in [5.74, 6) is 1.28. The van der Waals surface area contributed by atoms with E-state index >= 15 is 0 Å². The highest BCUT2D eigenvalue weighted by Gasteiger charge is 2.43. The number of piperidine rings is 1. The van der Waals surface area contributed by atoms with Gasteiger partial charge < -0.3 is 10.1 Å². The molecule has 3 fully saturated rings. The fourth-order valence-corrected chi connectivity index (χ4v) is 6.51. The van der Waals surface area contributed by atoms with E-state index in [4.69, 9.17) is 4.74 Å². The third kappa shape index (κ3) is 5.41. The van der Waals surface area contributed by atoms with Crippen LogP contribution in [-0.2, 0) is 11.3 Å². The van der Waals surface area contributed by atoms with Crippen molar-refractivity contribution in [2.24, 2.45) is 17.8 Å². The molecule has 0 radical (unpaired) electrons. The van der Waals surface area contributed by atoms with E-state index in [1.165, 1.54) is 11.6 Å². The van der Waals surface area contributed by atoms with E-state index in [0.717, 1.165) is 37.9 Å². The number of hydrazine groups is 1. The van der Waals surface area contributed by atoms with E-state index in [1.807, 2.05) is 13.1 Å². The van der Waals surface area contributed by atoms with Crippen molar-refractivity contribution in [3.8, 4) is 5.75 Å². The third-order valence-corrected chi connectivity index (χ3v) is 8.16. The number of nitrogens with one attached hydrogen (secondary N) is 3. The molecule has 5 rings (SSSR count). The smallest absolute Gasteiger partial charge is 0.223 e. The monoisotopic (exact) mass is 495 g/mol. The molecule has 1 aromatic heterocycles. The second kappa shape index (κ2) is 10.8. The lowest BCUT2D eigenvalue weighted by molar-refractivity contribution is -0.127. The van der Waals surface area contributed by atoms with Crippen molar-refractivity contribution in [2.75, 3.05) is 20.2 Å². The molecule has 3 heterocycles. The number of carbonyl (C=O) groups is 1. The predicted molar refractivity (Wildman–Crippen MR) is 137 cm³/mol. The molecule has 3 aliphatic rings. The molecule has 3 N–H and O–H groups in total. The fraction of sp³-hybridized carbons (Fsp3) is 0.571. The Morgan fingerprint density at radius 2 is 2.08 bits per heavy atom. The maximum absolute atomic E-state index is 14.5. The first kappa shape index (κ1) is 25.1. The average Bonchev–Trinajstić information content (AvgIpc) is 3.28. The molecule has 8 heteroatoms. The third-order valence-electron chi connectivity index (χ3n) is 8.16. The lowest BCUT2D eigenvalue weighted by atomic mass is 9.74. The Morgan fingerprint density at radius 3 is 2.89 bits per heavy atom. The van der Waals surface area contributed by atoms with Gasteiger partial charge in [0.25, 0.3) is 0 Å². The molecule has 2 saturated heterocycles. The molecule has 7 nitrogen and oxygen atoms in total. The van der Waals surface area contributed by atoms with E-state index in [1.54, 1.807) is 19.2 Å². The number of hydrogen-bond acceptors (Lipinski definition) is 6. The van der Waals surface area contributed by atoms with E-state index in [9.17, 15) is 9.18 Å². The van der Waals surface area contributed by atoms with Gasteiger partial charge in [-0.15, -0.1) is 0 Å². The molecular weight excluding hydrogens is 457 g/mol. The molecule has 1 amide bonds. The van der Waals surface area contributed by atoms with E-state index in [-0.39, 0.29) is 29.7 Å². The summed E-state index contributed by atoms with van der Waals surface area (Å²) in [7, 11) is 1.57. The van der Waals surface area contributed by atoms with Crippen LogP contribution in [0.15, 0.2) is 36.5 Å². The van der Waals surface area contributed by atoms with Crippen molar-refractivity contribution in [3.05, 3.63) is 59.2 Å². The Hall–Kier alpha value is -2.55. The molecule has 1 saturated carbocycles. The zero-order valence-corrected chi connectivity index (χ0v) is 21.5. The van der Waals surface area contributed by atoms with Gasteiger partial charge in [0.1, 0.15) is 11.6 Å². The summed E-state index contributed by atoms with van der Waals surface area (Å²) in [6.07, 6.45) is 5.54. The van der Waals surface area contributed by atoms with E-state index in [2.05, 4.69) is 45.1 Å². The Labute approximate surface area is 213 Å². The van der Waals surface area contributed by atoms with Gasteiger partial charge in [-0.2, -0.15) is 0 Å². The van der Waals surface area contributed by atoms with Crippen molar-refractivity contribution >= 4 is 5.91 Å². The fourth-order valence-electron chi connectivity index (χ4n) is 6.51. The minimum absolute atomic E-state index is 0.00993. The Morgan fingerprint density at radius 1 is 1.22 bits per heavy atom. The maximum Gasteiger partial charge on any atom is 0.223 e. The number of pyridine rings is 1. The summed E-state index contributed by atoms with van der Waals surface area (Å²) in [6, 6.07) is 9.79. The maximum atomic E-state index is 14.5. The number of halogens is 1. The van der Waals surface area contributed by atoms with Gasteiger partial charge in [-0.1, -0.05) is 13.0 Å². The van der Waals surface area contributed by atoms with Crippen LogP contribution in [0.1, 0.15) is 55.5 Å². The Bertz CT molecular complexity index is 1080. The molecule has 2 aromatic rings. The molecule has 6 atom stereocenters. The molecule has 0 spiro atoms. The van der Waals surface area contributed by atoms with Gasteiger partial charge >= 0.3 is 0 Å². The van der Waals surface area contributed by atoms with Gasteiger partial charge in [0.05, 0.1) is 13.2 Å². The van der Waals surface area contributed by atoms with Crippen LogP contribution in [0.5, 0.6) is 5.75 Å². The SMILES string of the molecule is COc1cccc(F)c1CN1C[C@H](C)C[C@@H](NC(=O)C2CCC3NNC(c4ccnc(C)c4)C3C2)C1. The van der Waals surface area contributed by atoms with E-state index < -0.39 is 0 Å². The summed E-state index contributed by atoms with van der Waals surface area (Å²) in [5, 5.41) is 3.37. The van der Waals surface area contributed by atoms with Crippen LogP contribution in [0, 0.1) is 30.5 Å². The van der Waals surface area contributed by atoms with Crippen molar-refractivity contribution in [2.45, 2.75) is 64.2 Å². The Balaban J connectivity index is 1.21. The minimum Gasteiger partial charge on any atom is -0.496 e. The van der Waals surface area contributed by atoms with Crippen LogP contribution in [-0.4, -0.2) is 48.1 Å². The highest BCUT2D eigenvalue weighted by atomic mass is 19.1. The summed E-state index contributed by atoms with van der Waals surface area (Å²) in [6.45, 7) is 6.28. The molecule has 36 heavy (non-hydrogen) atoms. The minimum atomic E-state index is -0.248. The molecule has 194 valence electrons. The Kier molecular flexibility index (Phi) is 7.55. The zero-order chi connectivity index (χ0) is 25.2.